The summed E-state index contributed by atoms with van der Waals surface area (Å²) in [7, 11) is 0. The van der Waals surface area contributed by atoms with E-state index in [-0.39, 0.29) is 18.0 Å². The van der Waals surface area contributed by atoms with Crippen LogP contribution in [0.2, 0.25) is 0 Å². The van der Waals surface area contributed by atoms with Gasteiger partial charge in [0.15, 0.2) is 5.76 Å². The number of piperazine rings is 1. The Kier molecular flexibility index (Phi) is 3.25. The van der Waals surface area contributed by atoms with Crippen LogP contribution in [-0.4, -0.2) is 59.2 Å². The normalized spacial score (nSPS) is 20.3. The molecule has 0 spiro atoms. The van der Waals surface area contributed by atoms with Gasteiger partial charge in [-0.25, -0.2) is 4.79 Å². The number of fused-ring (bicyclic) bond motifs is 1. The highest BCUT2D eigenvalue weighted by Crippen LogP contribution is 2.26. The molecule has 0 radical (unpaired) electrons. The van der Waals surface area contributed by atoms with Gasteiger partial charge in [-0.3, -0.25) is 9.69 Å². The van der Waals surface area contributed by atoms with E-state index >= 15 is 0 Å². The van der Waals surface area contributed by atoms with Crippen LogP contribution in [0.4, 0.5) is 4.79 Å². The van der Waals surface area contributed by atoms with Gasteiger partial charge in [0, 0.05) is 25.2 Å². The molecule has 0 bridgehead atoms. The predicted molar refractivity (Wildman–Crippen MR) is 79.7 cm³/mol. The van der Waals surface area contributed by atoms with Gasteiger partial charge >= 0.3 is 6.09 Å². The lowest BCUT2D eigenvalue weighted by Crippen LogP contribution is -2.53. The van der Waals surface area contributed by atoms with Crippen LogP contribution in [0.25, 0.3) is 11.3 Å². The van der Waals surface area contributed by atoms with Crippen LogP contribution in [0.5, 0.6) is 0 Å². The molecule has 7 nitrogen and oxygen atoms in total. The Morgan fingerprint density at radius 1 is 1.22 bits per heavy atom. The molecule has 1 atom stereocenters. The molecule has 2 saturated heterocycles. The van der Waals surface area contributed by atoms with Gasteiger partial charge in [-0.15, -0.1) is 0 Å². The highest BCUT2D eigenvalue weighted by Gasteiger charge is 2.39. The molecule has 0 aliphatic carbocycles. The minimum absolute atomic E-state index is 0.0692. The van der Waals surface area contributed by atoms with Gasteiger partial charge < -0.3 is 14.2 Å². The van der Waals surface area contributed by atoms with Gasteiger partial charge in [-0.2, -0.15) is 0 Å². The first-order valence-corrected chi connectivity index (χ1v) is 7.47. The average Bonchev–Trinajstić information content (AvgIpc) is 3.22. The van der Waals surface area contributed by atoms with E-state index in [1.165, 1.54) is 6.20 Å². The molecule has 2 aliphatic rings. The number of cyclic esters (lactones) is 1. The second-order valence-corrected chi connectivity index (χ2v) is 5.61. The zero-order valence-corrected chi connectivity index (χ0v) is 12.3. The Labute approximate surface area is 132 Å². The molecule has 1 unspecified atom stereocenters. The third kappa shape index (κ3) is 2.34. The van der Waals surface area contributed by atoms with E-state index in [1.807, 2.05) is 30.3 Å². The van der Waals surface area contributed by atoms with Crippen molar-refractivity contribution in [2.75, 3.05) is 26.2 Å². The Morgan fingerprint density at radius 3 is 2.87 bits per heavy atom. The van der Waals surface area contributed by atoms with Gasteiger partial charge in [0.25, 0.3) is 5.91 Å². The number of nitrogens with zero attached hydrogens (tertiary/aromatic N) is 3. The lowest BCUT2D eigenvalue weighted by Gasteiger charge is -2.35. The fourth-order valence-corrected chi connectivity index (χ4v) is 3.03. The first kappa shape index (κ1) is 13.8. The maximum Gasteiger partial charge on any atom is 0.410 e. The molecule has 1 aromatic carbocycles. The summed E-state index contributed by atoms with van der Waals surface area (Å²) in [5.41, 5.74) is 1.25. The maximum atomic E-state index is 12.8. The number of hydrogen-bond acceptors (Lipinski definition) is 5. The molecule has 118 valence electrons. The molecule has 1 aromatic heterocycles. The molecular formula is C16H15N3O4. The topological polar surface area (TPSA) is 75.9 Å². The largest absolute Gasteiger partial charge is 0.447 e. The number of carbonyl (C=O) groups is 2. The number of amides is 2. The van der Waals surface area contributed by atoms with E-state index in [2.05, 4.69) is 5.16 Å². The maximum absolute atomic E-state index is 12.8. The number of rotatable bonds is 2. The van der Waals surface area contributed by atoms with E-state index in [0.717, 1.165) is 5.56 Å². The van der Waals surface area contributed by atoms with Crippen LogP contribution in [-0.2, 0) is 4.74 Å². The minimum Gasteiger partial charge on any atom is -0.447 e. The third-order valence-corrected chi connectivity index (χ3v) is 4.24. The summed E-state index contributed by atoms with van der Waals surface area (Å²) >= 11 is 0. The predicted octanol–water partition coefficient (Wildman–Crippen LogP) is 1.62. The second kappa shape index (κ2) is 5.42. The number of aromatic nitrogens is 1. The molecule has 2 aromatic rings. The summed E-state index contributed by atoms with van der Waals surface area (Å²) in [5, 5.41) is 3.78. The summed E-state index contributed by atoms with van der Waals surface area (Å²) in [6.45, 7) is 1.76. The number of hydrogen-bond donors (Lipinski definition) is 0. The molecule has 3 heterocycles. The van der Waals surface area contributed by atoms with Crippen molar-refractivity contribution in [3.8, 4) is 11.3 Å². The van der Waals surface area contributed by atoms with Gasteiger partial charge in [0.2, 0.25) is 0 Å². The van der Waals surface area contributed by atoms with Crippen molar-refractivity contribution in [3.05, 3.63) is 42.1 Å². The molecule has 2 fully saturated rings. The second-order valence-electron chi connectivity index (χ2n) is 5.61. The van der Waals surface area contributed by atoms with Gasteiger partial charge in [0.1, 0.15) is 12.2 Å². The Bertz CT molecular complexity index is 743. The van der Waals surface area contributed by atoms with Crippen molar-refractivity contribution < 1.29 is 18.8 Å². The van der Waals surface area contributed by atoms with Crippen LogP contribution in [0.1, 0.15) is 10.4 Å². The molecule has 0 saturated carbocycles. The summed E-state index contributed by atoms with van der Waals surface area (Å²) in [6.07, 6.45) is 1.16. The van der Waals surface area contributed by atoms with E-state index in [1.54, 1.807) is 9.80 Å². The molecule has 7 heteroatoms. The Morgan fingerprint density at radius 2 is 2.04 bits per heavy atom. The number of carbonyl (C=O) groups excluding carboxylic acids is 2. The average molecular weight is 313 g/mol. The monoisotopic (exact) mass is 313 g/mol. The zero-order valence-electron chi connectivity index (χ0n) is 12.3. The van der Waals surface area contributed by atoms with Crippen LogP contribution >= 0.6 is 0 Å². The van der Waals surface area contributed by atoms with E-state index < -0.39 is 0 Å². The van der Waals surface area contributed by atoms with Crippen LogP contribution in [0.15, 0.2) is 41.1 Å². The zero-order chi connectivity index (χ0) is 15.8. The molecular weight excluding hydrogens is 298 g/mol. The highest BCUT2D eigenvalue weighted by atomic mass is 16.6. The van der Waals surface area contributed by atoms with Crippen molar-refractivity contribution in [1.29, 1.82) is 0 Å². The summed E-state index contributed by atoms with van der Waals surface area (Å²) < 4.78 is 10.3. The van der Waals surface area contributed by atoms with Crippen molar-refractivity contribution in [2.45, 2.75) is 6.04 Å². The molecule has 0 N–H and O–H groups in total. The molecule has 2 aliphatic heterocycles. The fraction of sp³-hybridized carbons (Fsp3) is 0.312. The van der Waals surface area contributed by atoms with Crippen LogP contribution < -0.4 is 0 Å². The fourth-order valence-electron chi connectivity index (χ4n) is 3.03. The van der Waals surface area contributed by atoms with Crippen molar-refractivity contribution in [2.24, 2.45) is 0 Å². The van der Waals surface area contributed by atoms with E-state index in [9.17, 15) is 9.59 Å². The SMILES string of the molecule is O=C(c1cnoc1-c1ccccc1)N1CCN2C(=O)OCC2C1. The summed E-state index contributed by atoms with van der Waals surface area (Å²) in [5.74, 6) is 0.334. The van der Waals surface area contributed by atoms with Gasteiger partial charge in [-0.1, -0.05) is 35.5 Å². The Hall–Kier alpha value is -2.83. The van der Waals surface area contributed by atoms with Crippen LogP contribution in [0, 0.1) is 0 Å². The van der Waals surface area contributed by atoms with E-state index in [4.69, 9.17) is 9.26 Å². The smallest absolute Gasteiger partial charge is 0.410 e. The number of benzene rings is 1. The van der Waals surface area contributed by atoms with E-state index in [0.29, 0.717) is 37.6 Å². The quantitative estimate of drug-likeness (QED) is 0.842. The third-order valence-electron chi connectivity index (χ3n) is 4.24. The van der Waals surface area contributed by atoms with Crippen molar-refractivity contribution in [3.63, 3.8) is 0 Å². The van der Waals surface area contributed by atoms with Crippen molar-refractivity contribution >= 4 is 12.0 Å². The van der Waals surface area contributed by atoms with Crippen molar-refractivity contribution in [1.82, 2.24) is 15.0 Å². The standard InChI is InChI=1S/C16H15N3O4/c20-15(18-6-7-19-12(9-18)10-22-16(19)21)13-8-17-23-14(13)11-4-2-1-3-5-11/h1-5,8,12H,6-7,9-10H2. The van der Waals surface area contributed by atoms with Gasteiger partial charge in [-0.05, 0) is 0 Å². The molecule has 23 heavy (non-hydrogen) atoms. The lowest BCUT2D eigenvalue weighted by atomic mass is 10.1. The highest BCUT2D eigenvalue weighted by molar-refractivity contribution is 5.99. The van der Waals surface area contributed by atoms with Gasteiger partial charge in [0.05, 0.1) is 12.2 Å². The van der Waals surface area contributed by atoms with Crippen LogP contribution in [0.3, 0.4) is 0 Å². The number of ether oxygens (including phenoxy) is 1. The lowest BCUT2D eigenvalue weighted by molar-refractivity contribution is 0.0617. The summed E-state index contributed by atoms with van der Waals surface area (Å²) in [6, 6.07) is 9.34. The molecule has 2 amide bonds. The minimum atomic E-state index is -0.294. The Balaban J connectivity index is 1.57. The molecule has 4 rings (SSSR count). The summed E-state index contributed by atoms with van der Waals surface area (Å²) in [4.78, 5) is 27.7. The first-order valence-electron chi connectivity index (χ1n) is 7.47. The first-order chi connectivity index (χ1) is 11.2.